The van der Waals surface area contributed by atoms with Crippen molar-refractivity contribution in [2.45, 2.75) is 25.8 Å². The van der Waals surface area contributed by atoms with Gasteiger partial charge in [-0.05, 0) is 19.1 Å². The fraction of sp³-hybridized carbons (Fsp3) is 0.455. The van der Waals surface area contributed by atoms with Gasteiger partial charge >= 0.3 is 0 Å². The third-order valence-corrected chi connectivity index (χ3v) is 1.94. The second-order valence-electron chi connectivity index (χ2n) is 3.60. The molecule has 98 valence electrons. The number of aromatic nitrogens is 1. The Hall–Kier alpha value is -0.840. The van der Waals surface area contributed by atoms with Gasteiger partial charge in [0, 0.05) is 37.3 Å². The minimum absolute atomic E-state index is 0. The number of amides is 1. The van der Waals surface area contributed by atoms with Gasteiger partial charge in [-0.3, -0.25) is 9.78 Å². The number of halogens is 2. The lowest BCUT2D eigenvalue weighted by atomic mass is 10.2. The smallest absolute Gasteiger partial charge is 0.221 e. The molecule has 0 aliphatic heterocycles. The average Bonchev–Trinajstić information content (AvgIpc) is 2.18. The minimum atomic E-state index is -0.0835. The van der Waals surface area contributed by atoms with E-state index < -0.39 is 0 Å². The molecule has 1 unspecified atom stereocenters. The Kier molecular flexibility index (Phi) is 11.2. The summed E-state index contributed by atoms with van der Waals surface area (Å²) in [6.07, 6.45) is 2.88. The van der Waals surface area contributed by atoms with Gasteiger partial charge in [-0.25, -0.2) is 0 Å². The van der Waals surface area contributed by atoms with Crippen LogP contribution in [0, 0.1) is 0 Å². The van der Waals surface area contributed by atoms with Gasteiger partial charge in [-0.2, -0.15) is 0 Å². The largest absolute Gasteiger partial charge is 0.356 e. The molecule has 0 aliphatic rings. The molecular formula is C11H19Cl2N3O. The van der Waals surface area contributed by atoms with Crippen molar-refractivity contribution in [3.05, 3.63) is 30.1 Å². The topological polar surface area (TPSA) is 68.0 Å². The van der Waals surface area contributed by atoms with Crippen LogP contribution in [-0.4, -0.2) is 23.5 Å². The predicted octanol–water partition coefficient (Wildman–Crippen LogP) is 1.32. The first-order valence-corrected chi connectivity index (χ1v) is 5.10. The molecule has 0 bridgehead atoms. The SMILES string of the molecule is CC(N)CC(=O)NCCc1ccccn1.Cl.Cl. The van der Waals surface area contributed by atoms with Crippen molar-refractivity contribution in [2.75, 3.05) is 6.54 Å². The quantitative estimate of drug-likeness (QED) is 0.854. The monoisotopic (exact) mass is 279 g/mol. The number of nitrogens with two attached hydrogens (primary N) is 1. The molecule has 1 aromatic rings. The summed E-state index contributed by atoms with van der Waals surface area (Å²) in [4.78, 5) is 15.4. The van der Waals surface area contributed by atoms with Crippen molar-refractivity contribution >= 4 is 30.7 Å². The van der Waals surface area contributed by atoms with E-state index in [9.17, 15) is 4.79 Å². The van der Waals surface area contributed by atoms with Crippen molar-refractivity contribution in [3.8, 4) is 0 Å². The highest BCUT2D eigenvalue weighted by atomic mass is 35.5. The highest BCUT2D eigenvalue weighted by molar-refractivity contribution is 5.85. The highest BCUT2D eigenvalue weighted by Crippen LogP contribution is 1.93. The van der Waals surface area contributed by atoms with E-state index in [0.29, 0.717) is 13.0 Å². The first-order chi connectivity index (χ1) is 7.18. The fourth-order valence-corrected chi connectivity index (χ4v) is 1.24. The maximum Gasteiger partial charge on any atom is 0.221 e. The van der Waals surface area contributed by atoms with E-state index in [1.807, 2.05) is 25.1 Å². The molecule has 1 rings (SSSR count). The summed E-state index contributed by atoms with van der Waals surface area (Å²) in [5.74, 6) is 0.000862. The van der Waals surface area contributed by atoms with Gasteiger partial charge in [0.05, 0.1) is 0 Å². The van der Waals surface area contributed by atoms with Gasteiger partial charge in [-0.15, -0.1) is 24.8 Å². The van der Waals surface area contributed by atoms with Crippen LogP contribution in [0.3, 0.4) is 0 Å². The van der Waals surface area contributed by atoms with Crippen molar-refractivity contribution in [2.24, 2.45) is 5.73 Å². The summed E-state index contributed by atoms with van der Waals surface area (Å²) in [7, 11) is 0. The van der Waals surface area contributed by atoms with Crippen LogP contribution < -0.4 is 11.1 Å². The number of hydrogen-bond donors (Lipinski definition) is 2. The molecule has 1 amide bonds. The third-order valence-electron chi connectivity index (χ3n) is 1.94. The molecule has 0 aliphatic carbocycles. The third kappa shape index (κ3) is 8.92. The molecule has 17 heavy (non-hydrogen) atoms. The van der Waals surface area contributed by atoms with E-state index in [1.165, 1.54) is 0 Å². The predicted molar refractivity (Wildman–Crippen MR) is 73.7 cm³/mol. The van der Waals surface area contributed by atoms with Gasteiger partial charge < -0.3 is 11.1 Å². The van der Waals surface area contributed by atoms with Crippen molar-refractivity contribution in [1.82, 2.24) is 10.3 Å². The molecule has 6 heteroatoms. The summed E-state index contributed by atoms with van der Waals surface area (Å²) >= 11 is 0. The summed E-state index contributed by atoms with van der Waals surface area (Å²) in [6.45, 7) is 2.43. The summed E-state index contributed by atoms with van der Waals surface area (Å²) in [5, 5.41) is 2.80. The lowest BCUT2D eigenvalue weighted by molar-refractivity contribution is -0.121. The van der Waals surface area contributed by atoms with Gasteiger partial charge in [0.1, 0.15) is 0 Å². The molecular weight excluding hydrogens is 261 g/mol. The van der Waals surface area contributed by atoms with E-state index in [4.69, 9.17) is 5.73 Å². The molecule has 1 aromatic heterocycles. The van der Waals surface area contributed by atoms with Crippen LogP contribution >= 0.6 is 24.8 Å². The Morgan fingerprint density at radius 1 is 1.47 bits per heavy atom. The van der Waals surface area contributed by atoms with Crippen LogP contribution in [0.5, 0.6) is 0 Å². The van der Waals surface area contributed by atoms with E-state index in [0.717, 1.165) is 12.1 Å². The summed E-state index contributed by atoms with van der Waals surface area (Å²) in [5.41, 5.74) is 6.49. The van der Waals surface area contributed by atoms with Crippen LogP contribution in [0.15, 0.2) is 24.4 Å². The maximum atomic E-state index is 11.2. The molecule has 0 fully saturated rings. The molecule has 1 heterocycles. The van der Waals surface area contributed by atoms with Gasteiger partial charge in [0.25, 0.3) is 0 Å². The molecule has 0 radical (unpaired) electrons. The standard InChI is InChI=1S/C11H17N3O.2ClH/c1-9(12)8-11(15)14-7-5-10-4-2-3-6-13-10;;/h2-4,6,9H,5,7-8,12H2,1H3,(H,14,15);2*1H. The fourth-order valence-electron chi connectivity index (χ4n) is 1.24. The van der Waals surface area contributed by atoms with Crippen LogP contribution in [-0.2, 0) is 11.2 Å². The number of carbonyl (C=O) groups excluding carboxylic acids is 1. The zero-order valence-electron chi connectivity index (χ0n) is 9.76. The Morgan fingerprint density at radius 3 is 2.71 bits per heavy atom. The van der Waals surface area contributed by atoms with E-state index in [1.54, 1.807) is 6.20 Å². The van der Waals surface area contributed by atoms with E-state index >= 15 is 0 Å². The highest BCUT2D eigenvalue weighted by Gasteiger charge is 2.03. The molecule has 3 N–H and O–H groups in total. The van der Waals surface area contributed by atoms with E-state index in [-0.39, 0.29) is 36.8 Å². The first kappa shape index (κ1) is 18.5. The Labute approximate surface area is 114 Å². The Bertz CT molecular complexity index is 307. The number of carbonyl (C=O) groups is 1. The number of nitrogens with one attached hydrogen (secondary N) is 1. The molecule has 0 saturated carbocycles. The first-order valence-electron chi connectivity index (χ1n) is 5.10. The zero-order chi connectivity index (χ0) is 11.1. The normalized spacial score (nSPS) is 10.7. The molecule has 1 atom stereocenters. The van der Waals surface area contributed by atoms with Crippen LogP contribution in [0.1, 0.15) is 19.0 Å². The second kappa shape index (κ2) is 10.3. The number of pyridine rings is 1. The number of rotatable bonds is 5. The minimum Gasteiger partial charge on any atom is -0.356 e. The molecule has 0 spiro atoms. The average molecular weight is 280 g/mol. The van der Waals surface area contributed by atoms with Crippen LogP contribution in [0.25, 0.3) is 0 Å². The molecule has 0 saturated heterocycles. The summed E-state index contributed by atoms with van der Waals surface area (Å²) < 4.78 is 0. The zero-order valence-corrected chi connectivity index (χ0v) is 11.4. The van der Waals surface area contributed by atoms with Crippen LogP contribution in [0.4, 0.5) is 0 Å². The molecule has 0 aromatic carbocycles. The van der Waals surface area contributed by atoms with Crippen molar-refractivity contribution < 1.29 is 4.79 Å². The molecule has 4 nitrogen and oxygen atoms in total. The van der Waals surface area contributed by atoms with Gasteiger partial charge in [-0.1, -0.05) is 6.07 Å². The van der Waals surface area contributed by atoms with Gasteiger partial charge in [0.2, 0.25) is 5.91 Å². The lowest BCUT2D eigenvalue weighted by Crippen LogP contribution is -2.31. The van der Waals surface area contributed by atoms with Crippen molar-refractivity contribution in [3.63, 3.8) is 0 Å². The van der Waals surface area contributed by atoms with Crippen molar-refractivity contribution in [1.29, 1.82) is 0 Å². The number of nitrogens with zero attached hydrogens (tertiary/aromatic N) is 1. The number of hydrogen-bond acceptors (Lipinski definition) is 3. The van der Waals surface area contributed by atoms with E-state index in [2.05, 4.69) is 10.3 Å². The summed E-state index contributed by atoms with van der Waals surface area (Å²) in [6, 6.07) is 5.67. The Balaban J connectivity index is 0. The second-order valence-corrected chi connectivity index (χ2v) is 3.60. The maximum absolute atomic E-state index is 11.2. The Morgan fingerprint density at radius 2 is 2.18 bits per heavy atom. The van der Waals surface area contributed by atoms with Crippen LogP contribution in [0.2, 0.25) is 0 Å². The lowest BCUT2D eigenvalue weighted by Gasteiger charge is -2.06. The van der Waals surface area contributed by atoms with Gasteiger partial charge in [0.15, 0.2) is 0 Å².